The fourth-order valence-corrected chi connectivity index (χ4v) is 3.46. The van der Waals surface area contributed by atoms with Crippen molar-refractivity contribution in [3.05, 3.63) is 39.8 Å². The van der Waals surface area contributed by atoms with Crippen LogP contribution in [0.5, 0.6) is 0 Å². The van der Waals surface area contributed by atoms with Crippen LogP contribution in [0.1, 0.15) is 44.1 Å². The molecule has 0 atom stereocenters. The minimum Gasteiger partial charge on any atom is -0.390 e. The molecule has 1 aromatic heterocycles. The maximum absolute atomic E-state index is 11.5. The van der Waals surface area contributed by atoms with Gasteiger partial charge in [-0.25, -0.2) is 0 Å². The largest absolute Gasteiger partial charge is 0.390 e. The number of aliphatic hydroxyl groups is 1. The molecule has 25 heavy (non-hydrogen) atoms. The third-order valence-electron chi connectivity index (χ3n) is 4.94. The summed E-state index contributed by atoms with van der Waals surface area (Å²) in [5.74, 6) is 0.641. The zero-order valence-electron chi connectivity index (χ0n) is 14.7. The van der Waals surface area contributed by atoms with E-state index in [0.717, 1.165) is 24.0 Å². The number of anilines is 1. The van der Waals surface area contributed by atoms with Crippen molar-refractivity contribution in [3.63, 3.8) is 0 Å². The summed E-state index contributed by atoms with van der Waals surface area (Å²) in [6, 6.07) is 5.28. The number of aromatic nitrogens is 1. The molecule has 0 amide bonds. The number of nitrogens with zero attached hydrogens (tertiary/aromatic N) is 2. The summed E-state index contributed by atoms with van der Waals surface area (Å²) in [5, 5.41) is 28.8. The van der Waals surface area contributed by atoms with Crippen molar-refractivity contribution in [2.75, 3.05) is 5.32 Å². The molecule has 7 nitrogen and oxygen atoms in total. The van der Waals surface area contributed by atoms with Gasteiger partial charge in [0.1, 0.15) is 11.4 Å². The van der Waals surface area contributed by atoms with Gasteiger partial charge in [0.05, 0.1) is 16.2 Å². The molecule has 7 heteroatoms. The summed E-state index contributed by atoms with van der Waals surface area (Å²) in [5.41, 5.74) is 2.14. The Kier molecular flexibility index (Phi) is 4.51. The quantitative estimate of drug-likeness (QED) is 0.642. The van der Waals surface area contributed by atoms with Crippen LogP contribution in [-0.4, -0.2) is 26.8 Å². The van der Waals surface area contributed by atoms with E-state index in [0.29, 0.717) is 30.0 Å². The van der Waals surface area contributed by atoms with E-state index in [2.05, 4.69) is 10.5 Å². The Morgan fingerprint density at radius 3 is 2.60 bits per heavy atom. The van der Waals surface area contributed by atoms with Crippen molar-refractivity contribution in [2.24, 2.45) is 0 Å². The van der Waals surface area contributed by atoms with E-state index in [9.17, 15) is 15.2 Å². The van der Waals surface area contributed by atoms with E-state index < -0.39 is 5.60 Å². The fourth-order valence-electron chi connectivity index (χ4n) is 3.46. The first-order valence-electron chi connectivity index (χ1n) is 8.47. The molecule has 0 bridgehead atoms. The topological polar surface area (TPSA) is 101 Å². The first-order valence-corrected chi connectivity index (χ1v) is 8.47. The molecule has 2 aromatic rings. The number of hydrogen-bond donors (Lipinski definition) is 2. The Morgan fingerprint density at radius 2 is 2.04 bits per heavy atom. The molecule has 1 fully saturated rings. The molecule has 1 saturated carbocycles. The van der Waals surface area contributed by atoms with Gasteiger partial charge in [0.25, 0.3) is 5.69 Å². The molecule has 0 radical (unpaired) electrons. The van der Waals surface area contributed by atoms with E-state index >= 15 is 0 Å². The lowest BCUT2D eigenvalue weighted by Gasteiger charge is -2.33. The summed E-state index contributed by atoms with van der Waals surface area (Å²) in [4.78, 5) is 11.2. The van der Waals surface area contributed by atoms with Crippen molar-refractivity contribution in [2.45, 2.75) is 58.1 Å². The highest BCUT2D eigenvalue weighted by molar-refractivity contribution is 5.75. The van der Waals surface area contributed by atoms with Crippen LogP contribution in [-0.2, 0) is 0 Å². The van der Waals surface area contributed by atoms with Gasteiger partial charge in [-0.15, -0.1) is 0 Å². The molecular formula is C18H23N3O4. The molecule has 1 aliphatic rings. The summed E-state index contributed by atoms with van der Waals surface area (Å²) in [7, 11) is 0. The second-order valence-corrected chi connectivity index (χ2v) is 7.10. The van der Waals surface area contributed by atoms with Gasteiger partial charge < -0.3 is 14.9 Å². The Morgan fingerprint density at radius 1 is 1.36 bits per heavy atom. The van der Waals surface area contributed by atoms with Gasteiger partial charge in [0.15, 0.2) is 0 Å². The Hall–Kier alpha value is -2.41. The number of rotatable bonds is 4. The molecule has 3 rings (SSSR count). The summed E-state index contributed by atoms with van der Waals surface area (Å²) in [6.07, 6.45) is 2.96. The summed E-state index contributed by atoms with van der Waals surface area (Å²) >= 11 is 0. The third kappa shape index (κ3) is 3.66. The van der Waals surface area contributed by atoms with Crippen LogP contribution in [0.4, 0.5) is 11.4 Å². The maximum Gasteiger partial charge on any atom is 0.292 e. The average molecular weight is 345 g/mol. The van der Waals surface area contributed by atoms with Crippen molar-refractivity contribution < 1.29 is 14.6 Å². The number of hydrogen-bond acceptors (Lipinski definition) is 6. The summed E-state index contributed by atoms with van der Waals surface area (Å²) in [6.45, 7) is 5.45. The van der Waals surface area contributed by atoms with Crippen LogP contribution in [0, 0.1) is 24.0 Å². The van der Waals surface area contributed by atoms with E-state index in [-0.39, 0.29) is 16.7 Å². The van der Waals surface area contributed by atoms with Gasteiger partial charge in [-0.2, -0.15) is 0 Å². The van der Waals surface area contributed by atoms with Crippen molar-refractivity contribution in [1.29, 1.82) is 0 Å². The van der Waals surface area contributed by atoms with E-state index in [1.807, 2.05) is 19.9 Å². The molecule has 0 saturated heterocycles. The monoisotopic (exact) mass is 345 g/mol. The molecule has 1 aromatic carbocycles. The van der Waals surface area contributed by atoms with E-state index in [1.54, 1.807) is 19.1 Å². The van der Waals surface area contributed by atoms with Crippen molar-refractivity contribution >= 4 is 11.4 Å². The van der Waals surface area contributed by atoms with Crippen LogP contribution in [0.15, 0.2) is 22.7 Å². The second-order valence-electron chi connectivity index (χ2n) is 7.10. The number of benzene rings is 1. The highest BCUT2D eigenvalue weighted by atomic mass is 16.6. The number of nitrogens with one attached hydrogen (secondary N) is 1. The molecule has 0 unspecified atom stereocenters. The minimum atomic E-state index is -0.628. The number of nitro groups is 1. The predicted octanol–water partition coefficient (Wildman–Crippen LogP) is 3.97. The first-order chi connectivity index (χ1) is 11.8. The van der Waals surface area contributed by atoms with Crippen LogP contribution >= 0.6 is 0 Å². The zero-order valence-corrected chi connectivity index (χ0v) is 14.7. The SMILES string of the molecule is Cc1noc(C)c1-c1ccc(N[C@H]2CC[C@@](C)(O)CC2)c([N+](=O)[O-])c1. The van der Waals surface area contributed by atoms with Crippen molar-refractivity contribution in [3.8, 4) is 11.1 Å². The first kappa shape index (κ1) is 17.4. The third-order valence-corrected chi connectivity index (χ3v) is 4.94. The normalized spacial score (nSPS) is 23.4. The highest BCUT2D eigenvalue weighted by Crippen LogP contribution is 2.36. The van der Waals surface area contributed by atoms with Gasteiger partial charge in [0.2, 0.25) is 0 Å². The van der Waals surface area contributed by atoms with Gasteiger partial charge in [-0.3, -0.25) is 10.1 Å². The minimum absolute atomic E-state index is 0.0369. The maximum atomic E-state index is 11.5. The molecule has 2 N–H and O–H groups in total. The van der Waals surface area contributed by atoms with Gasteiger partial charge in [0, 0.05) is 17.7 Å². The van der Waals surface area contributed by atoms with Gasteiger partial charge >= 0.3 is 0 Å². The van der Waals surface area contributed by atoms with Crippen LogP contribution in [0.2, 0.25) is 0 Å². The molecule has 1 aliphatic carbocycles. The summed E-state index contributed by atoms with van der Waals surface area (Å²) < 4.78 is 5.16. The molecule has 1 heterocycles. The Bertz CT molecular complexity index is 768. The van der Waals surface area contributed by atoms with Crippen molar-refractivity contribution in [1.82, 2.24) is 5.16 Å². The van der Waals surface area contributed by atoms with Gasteiger partial charge in [-0.1, -0.05) is 11.2 Å². The lowest BCUT2D eigenvalue weighted by Crippen LogP contribution is -2.35. The molecule has 0 aliphatic heterocycles. The zero-order chi connectivity index (χ0) is 18.2. The predicted molar refractivity (Wildman–Crippen MR) is 94.6 cm³/mol. The molecular weight excluding hydrogens is 322 g/mol. The standard InChI is InChI=1S/C18H23N3O4/c1-11-17(12(2)25-20-11)13-4-5-15(16(10-13)21(23)24)19-14-6-8-18(3,22)9-7-14/h4-5,10,14,19,22H,6-9H2,1-3H3/t14-,18+. The smallest absolute Gasteiger partial charge is 0.292 e. The second kappa shape index (κ2) is 6.48. The number of nitro benzene ring substituents is 1. The average Bonchev–Trinajstić information content (AvgIpc) is 2.88. The Balaban J connectivity index is 1.87. The van der Waals surface area contributed by atoms with Crippen LogP contribution in [0.25, 0.3) is 11.1 Å². The van der Waals surface area contributed by atoms with E-state index in [4.69, 9.17) is 4.52 Å². The lowest BCUT2D eigenvalue weighted by molar-refractivity contribution is -0.383. The molecule has 0 spiro atoms. The van der Waals surface area contributed by atoms with Gasteiger partial charge in [-0.05, 0) is 58.1 Å². The van der Waals surface area contributed by atoms with Crippen LogP contribution < -0.4 is 5.32 Å². The number of aryl methyl sites for hydroxylation is 2. The highest BCUT2D eigenvalue weighted by Gasteiger charge is 2.29. The fraction of sp³-hybridized carbons (Fsp3) is 0.500. The Labute approximate surface area is 146 Å². The lowest BCUT2D eigenvalue weighted by atomic mass is 9.83. The molecule has 134 valence electrons. The van der Waals surface area contributed by atoms with E-state index in [1.165, 1.54) is 0 Å². The van der Waals surface area contributed by atoms with Crippen LogP contribution in [0.3, 0.4) is 0 Å².